The second-order valence-electron chi connectivity index (χ2n) is 10.5. The summed E-state index contributed by atoms with van der Waals surface area (Å²) in [6, 6.07) is 6.40. The van der Waals surface area contributed by atoms with Gasteiger partial charge in [0.2, 0.25) is 0 Å². The standard InChI is InChI=1S/C27H30N10O/c1-18(2)24-29-8-4-22(34-24)26(38)36-11-9-35(10-12-36)20-13-27(14-20,5-6-28)37-16-19(15-33-37)23-21-3-7-30-25(21)32-17-31-23/h3-4,7-8,15-18,20H,5,9-14H2,1-2H3,(H,30,31,32)/t20-,27-. The fourth-order valence-electron chi connectivity index (χ4n) is 5.67. The fourth-order valence-corrected chi connectivity index (χ4v) is 5.67. The predicted molar refractivity (Wildman–Crippen MR) is 140 cm³/mol. The van der Waals surface area contributed by atoms with Gasteiger partial charge in [-0.2, -0.15) is 10.4 Å². The highest BCUT2D eigenvalue weighted by molar-refractivity contribution is 5.92. The van der Waals surface area contributed by atoms with Gasteiger partial charge in [0.25, 0.3) is 5.91 Å². The highest BCUT2D eigenvalue weighted by atomic mass is 16.2. The van der Waals surface area contributed by atoms with E-state index in [9.17, 15) is 10.1 Å². The van der Waals surface area contributed by atoms with Crippen LogP contribution in [-0.2, 0) is 5.54 Å². The van der Waals surface area contributed by atoms with Gasteiger partial charge >= 0.3 is 0 Å². The van der Waals surface area contributed by atoms with E-state index in [1.807, 2.05) is 48.1 Å². The zero-order valence-corrected chi connectivity index (χ0v) is 21.6. The van der Waals surface area contributed by atoms with Crippen LogP contribution in [0.5, 0.6) is 0 Å². The summed E-state index contributed by atoms with van der Waals surface area (Å²) in [5, 5.41) is 15.3. The number of H-pyrrole nitrogens is 1. The van der Waals surface area contributed by atoms with Crippen LogP contribution in [0.15, 0.2) is 43.2 Å². The van der Waals surface area contributed by atoms with Crippen molar-refractivity contribution in [1.82, 2.24) is 44.5 Å². The van der Waals surface area contributed by atoms with E-state index in [4.69, 9.17) is 0 Å². The molecule has 4 aromatic heterocycles. The highest BCUT2D eigenvalue weighted by Crippen LogP contribution is 2.45. The number of piperazine rings is 1. The Bertz CT molecular complexity index is 1500. The third kappa shape index (κ3) is 4.20. The molecule has 0 atom stereocenters. The van der Waals surface area contributed by atoms with Crippen molar-refractivity contribution in [2.24, 2.45) is 0 Å². The van der Waals surface area contributed by atoms with E-state index in [0.29, 0.717) is 37.1 Å². The number of fused-ring (bicyclic) bond motifs is 1. The smallest absolute Gasteiger partial charge is 0.272 e. The van der Waals surface area contributed by atoms with Gasteiger partial charge < -0.3 is 9.88 Å². The van der Waals surface area contributed by atoms with E-state index >= 15 is 0 Å². The maximum atomic E-state index is 13.1. The zero-order chi connectivity index (χ0) is 26.3. The fraction of sp³-hybridized carbons (Fsp3) is 0.444. The van der Waals surface area contributed by atoms with Crippen LogP contribution in [0.4, 0.5) is 0 Å². The van der Waals surface area contributed by atoms with Gasteiger partial charge in [-0.05, 0) is 25.0 Å². The van der Waals surface area contributed by atoms with E-state index < -0.39 is 0 Å². The third-order valence-corrected chi connectivity index (χ3v) is 7.86. The van der Waals surface area contributed by atoms with Crippen LogP contribution in [0.2, 0.25) is 0 Å². The average molecular weight is 511 g/mol. The molecule has 0 unspecified atom stereocenters. The first kappa shape index (κ1) is 24.2. The monoisotopic (exact) mass is 510 g/mol. The molecule has 4 aromatic rings. The lowest BCUT2D eigenvalue weighted by Crippen LogP contribution is -2.60. The Labute approximate surface area is 220 Å². The van der Waals surface area contributed by atoms with E-state index in [0.717, 1.165) is 48.2 Å². The van der Waals surface area contributed by atoms with Crippen LogP contribution >= 0.6 is 0 Å². The van der Waals surface area contributed by atoms with Crippen LogP contribution in [-0.4, -0.2) is 82.6 Å². The molecular formula is C27H30N10O. The normalized spacial score (nSPS) is 21.9. The number of rotatable bonds is 6. The van der Waals surface area contributed by atoms with Gasteiger partial charge in [-0.25, -0.2) is 19.9 Å². The molecule has 1 saturated heterocycles. The molecule has 38 heavy (non-hydrogen) atoms. The number of nitrogens with one attached hydrogen (secondary N) is 1. The van der Waals surface area contributed by atoms with Crippen molar-refractivity contribution in [3.05, 3.63) is 54.8 Å². The zero-order valence-electron chi connectivity index (χ0n) is 21.6. The topological polar surface area (TPSA) is 133 Å². The molecule has 194 valence electrons. The summed E-state index contributed by atoms with van der Waals surface area (Å²) in [5.41, 5.74) is 2.66. The van der Waals surface area contributed by atoms with Crippen LogP contribution in [0.25, 0.3) is 22.3 Å². The molecule has 6 rings (SSSR count). The Hall–Kier alpha value is -4.17. The van der Waals surface area contributed by atoms with Crippen LogP contribution in [0.1, 0.15) is 55.3 Å². The molecule has 11 heteroatoms. The Morgan fingerprint density at radius 3 is 2.76 bits per heavy atom. The molecule has 0 aromatic carbocycles. The van der Waals surface area contributed by atoms with E-state index in [1.54, 1.807) is 18.6 Å². The van der Waals surface area contributed by atoms with Crippen molar-refractivity contribution in [2.45, 2.75) is 50.6 Å². The Morgan fingerprint density at radius 1 is 1.18 bits per heavy atom. The molecule has 1 aliphatic heterocycles. The SMILES string of the molecule is CC(C)c1nccc(C(=O)N2CCN([C@H]3C[C@](CC#N)(n4cc(-c5ncnc6[nH]ccc56)cn4)C3)CC2)n1. The first-order valence-corrected chi connectivity index (χ1v) is 13.0. The average Bonchev–Trinajstić information content (AvgIpc) is 3.61. The predicted octanol–water partition coefficient (Wildman–Crippen LogP) is 2.96. The number of hydrogen-bond donors (Lipinski definition) is 1. The van der Waals surface area contributed by atoms with Crippen LogP contribution in [0.3, 0.4) is 0 Å². The summed E-state index contributed by atoms with van der Waals surface area (Å²) in [4.78, 5) is 38.0. The number of nitriles is 1. The lowest BCUT2D eigenvalue weighted by Gasteiger charge is -2.52. The number of aromatic nitrogens is 7. The number of carbonyl (C=O) groups is 1. The van der Waals surface area contributed by atoms with E-state index in [2.05, 4.69) is 41.0 Å². The number of carbonyl (C=O) groups excluding carboxylic acids is 1. The lowest BCUT2D eigenvalue weighted by molar-refractivity contribution is -0.0159. The second-order valence-corrected chi connectivity index (χ2v) is 10.5. The molecule has 1 saturated carbocycles. The summed E-state index contributed by atoms with van der Waals surface area (Å²) in [5.74, 6) is 0.830. The van der Waals surface area contributed by atoms with Gasteiger partial charge in [-0.15, -0.1) is 0 Å². The van der Waals surface area contributed by atoms with Crippen LogP contribution in [0, 0.1) is 11.3 Å². The van der Waals surface area contributed by atoms with Crippen molar-refractivity contribution >= 4 is 16.9 Å². The van der Waals surface area contributed by atoms with E-state index in [1.165, 1.54) is 0 Å². The highest BCUT2D eigenvalue weighted by Gasteiger charge is 2.49. The van der Waals surface area contributed by atoms with Gasteiger partial charge in [0.15, 0.2) is 0 Å². The Morgan fingerprint density at radius 2 is 2.00 bits per heavy atom. The molecule has 1 amide bonds. The lowest BCUT2D eigenvalue weighted by atomic mass is 9.70. The molecule has 0 bridgehead atoms. The molecule has 1 aliphatic carbocycles. The van der Waals surface area contributed by atoms with Gasteiger partial charge in [-0.1, -0.05) is 13.8 Å². The minimum absolute atomic E-state index is 0.0355. The van der Waals surface area contributed by atoms with Crippen molar-refractivity contribution < 1.29 is 4.79 Å². The van der Waals surface area contributed by atoms with Crippen molar-refractivity contribution in [3.8, 4) is 17.3 Å². The van der Waals surface area contributed by atoms with Gasteiger partial charge in [0, 0.05) is 67.7 Å². The molecule has 1 N–H and O–H groups in total. The quantitative estimate of drug-likeness (QED) is 0.419. The molecule has 2 fully saturated rings. The molecule has 2 aliphatic rings. The summed E-state index contributed by atoms with van der Waals surface area (Å²) >= 11 is 0. The number of nitrogens with zero attached hydrogens (tertiary/aromatic N) is 9. The van der Waals surface area contributed by atoms with Crippen molar-refractivity contribution in [1.29, 1.82) is 5.26 Å². The minimum atomic E-state index is -0.330. The molecule has 0 spiro atoms. The summed E-state index contributed by atoms with van der Waals surface area (Å²) in [7, 11) is 0. The maximum absolute atomic E-state index is 13.1. The molecular weight excluding hydrogens is 480 g/mol. The maximum Gasteiger partial charge on any atom is 0.272 e. The first-order chi connectivity index (χ1) is 18.5. The number of aromatic amines is 1. The van der Waals surface area contributed by atoms with Crippen molar-refractivity contribution in [2.75, 3.05) is 26.2 Å². The number of amides is 1. The van der Waals surface area contributed by atoms with Crippen LogP contribution < -0.4 is 0 Å². The molecule has 0 radical (unpaired) electrons. The van der Waals surface area contributed by atoms with Gasteiger partial charge in [-0.3, -0.25) is 14.4 Å². The van der Waals surface area contributed by atoms with Gasteiger partial charge in [0.1, 0.15) is 23.5 Å². The minimum Gasteiger partial charge on any atom is -0.346 e. The summed E-state index contributed by atoms with van der Waals surface area (Å²) in [6.45, 7) is 6.97. The van der Waals surface area contributed by atoms with Gasteiger partial charge in [0.05, 0.1) is 29.9 Å². The molecule has 5 heterocycles. The Kier molecular flexibility index (Phi) is 6.12. The second kappa shape index (κ2) is 9.61. The summed E-state index contributed by atoms with van der Waals surface area (Å²) in [6.07, 6.45) is 11.0. The largest absolute Gasteiger partial charge is 0.346 e. The number of hydrogen-bond acceptors (Lipinski definition) is 8. The molecule has 11 nitrogen and oxygen atoms in total. The van der Waals surface area contributed by atoms with E-state index in [-0.39, 0.29) is 17.4 Å². The van der Waals surface area contributed by atoms with Crippen molar-refractivity contribution in [3.63, 3.8) is 0 Å². The third-order valence-electron chi connectivity index (χ3n) is 7.86. The first-order valence-electron chi connectivity index (χ1n) is 13.0. The summed E-state index contributed by atoms with van der Waals surface area (Å²) < 4.78 is 1.96. The Balaban J connectivity index is 1.11.